The smallest absolute Gasteiger partial charge is 0.269 e. The average molecular weight is 209 g/mol. The lowest BCUT2D eigenvalue weighted by Gasteiger charge is -1.98. The number of nitro groups is 1. The quantitative estimate of drug-likeness (QED) is 0.454. The normalized spacial score (nSPS) is 10.5. The van der Waals surface area contributed by atoms with E-state index in [9.17, 15) is 10.1 Å². The summed E-state index contributed by atoms with van der Waals surface area (Å²) in [4.78, 5) is 9.90. The molecule has 0 amide bonds. The van der Waals surface area contributed by atoms with Crippen LogP contribution in [0.15, 0.2) is 29.4 Å². The van der Waals surface area contributed by atoms with E-state index < -0.39 is 4.92 Å². The Balaban J connectivity index is 2.53. The standard InChI is InChI=1S/C9H11N3O3/c1-15-7-6-10-11-8-2-4-9(5-3-8)12(13)14/h2-6,11H,7H2,1H3. The fourth-order valence-corrected chi connectivity index (χ4v) is 0.890. The van der Waals surface area contributed by atoms with Crippen LogP contribution in [0.2, 0.25) is 0 Å². The lowest BCUT2D eigenvalue weighted by atomic mass is 10.3. The number of hydrazone groups is 1. The van der Waals surface area contributed by atoms with Gasteiger partial charge < -0.3 is 4.74 Å². The molecule has 6 heteroatoms. The summed E-state index contributed by atoms with van der Waals surface area (Å²) in [5.74, 6) is 0. The number of nitrogens with one attached hydrogen (secondary N) is 1. The number of non-ortho nitro benzene ring substituents is 1. The maximum absolute atomic E-state index is 10.4. The Morgan fingerprint density at radius 3 is 2.73 bits per heavy atom. The zero-order valence-electron chi connectivity index (χ0n) is 8.21. The molecule has 0 aliphatic carbocycles. The zero-order chi connectivity index (χ0) is 11.1. The van der Waals surface area contributed by atoms with Gasteiger partial charge in [0.2, 0.25) is 0 Å². The van der Waals surface area contributed by atoms with E-state index >= 15 is 0 Å². The molecule has 0 spiro atoms. The predicted octanol–water partition coefficient (Wildman–Crippen LogP) is 1.64. The Morgan fingerprint density at radius 1 is 1.53 bits per heavy atom. The van der Waals surface area contributed by atoms with Crippen molar-refractivity contribution in [1.29, 1.82) is 0 Å². The highest BCUT2D eigenvalue weighted by Crippen LogP contribution is 2.14. The van der Waals surface area contributed by atoms with Gasteiger partial charge in [-0.3, -0.25) is 15.5 Å². The van der Waals surface area contributed by atoms with E-state index in [0.717, 1.165) is 0 Å². The van der Waals surface area contributed by atoms with Crippen molar-refractivity contribution in [2.45, 2.75) is 0 Å². The van der Waals surface area contributed by atoms with Gasteiger partial charge in [0.25, 0.3) is 5.69 Å². The molecule has 80 valence electrons. The van der Waals surface area contributed by atoms with Crippen LogP contribution in [-0.4, -0.2) is 24.9 Å². The molecule has 15 heavy (non-hydrogen) atoms. The third kappa shape index (κ3) is 3.74. The number of hydrogen-bond acceptors (Lipinski definition) is 5. The third-order valence-electron chi connectivity index (χ3n) is 1.60. The third-order valence-corrected chi connectivity index (χ3v) is 1.60. The van der Waals surface area contributed by atoms with Gasteiger partial charge in [-0.05, 0) is 12.1 Å². The summed E-state index contributed by atoms with van der Waals surface area (Å²) in [5.41, 5.74) is 3.46. The Hall–Kier alpha value is -1.95. The van der Waals surface area contributed by atoms with Gasteiger partial charge in [0.1, 0.15) is 0 Å². The minimum atomic E-state index is -0.446. The first kappa shape index (κ1) is 11.1. The van der Waals surface area contributed by atoms with Crippen LogP contribution in [0.4, 0.5) is 11.4 Å². The highest BCUT2D eigenvalue weighted by molar-refractivity contribution is 5.60. The Morgan fingerprint density at radius 2 is 2.20 bits per heavy atom. The van der Waals surface area contributed by atoms with Crippen LogP contribution < -0.4 is 5.43 Å². The van der Waals surface area contributed by atoms with Crippen LogP contribution in [0.1, 0.15) is 0 Å². The van der Waals surface area contributed by atoms with Gasteiger partial charge >= 0.3 is 0 Å². The van der Waals surface area contributed by atoms with Crippen molar-refractivity contribution >= 4 is 17.6 Å². The summed E-state index contributed by atoms with van der Waals surface area (Å²) in [6, 6.07) is 5.99. The SMILES string of the molecule is COCC=NNc1ccc([N+](=O)[O-])cc1. The monoisotopic (exact) mass is 209 g/mol. The molecule has 0 saturated heterocycles. The number of benzene rings is 1. The Bertz CT molecular complexity index is 348. The van der Waals surface area contributed by atoms with Crippen molar-refractivity contribution in [3.63, 3.8) is 0 Å². The van der Waals surface area contributed by atoms with E-state index in [1.165, 1.54) is 12.1 Å². The molecule has 1 aromatic carbocycles. The molecule has 0 radical (unpaired) electrons. The van der Waals surface area contributed by atoms with Crippen LogP contribution in [0.5, 0.6) is 0 Å². The number of ether oxygens (including phenoxy) is 1. The number of hydrogen-bond donors (Lipinski definition) is 1. The molecule has 0 unspecified atom stereocenters. The largest absolute Gasteiger partial charge is 0.379 e. The van der Waals surface area contributed by atoms with Gasteiger partial charge in [0, 0.05) is 19.2 Å². The molecule has 0 aliphatic heterocycles. The first-order chi connectivity index (χ1) is 7.24. The van der Waals surface area contributed by atoms with Crippen molar-refractivity contribution in [1.82, 2.24) is 0 Å². The van der Waals surface area contributed by atoms with E-state index in [0.29, 0.717) is 12.3 Å². The molecular formula is C9H11N3O3. The second-order valence-electron chi connectivity index (χ2n) is 2.68. The van der Waals surface area contributed by atoms with Crippen LogP contribution in [0, 0.1) is 10.1 Å². The van der Waals surface area contributed by atoms with E-state index in [1.54, 1.807) is 25.5 Å². The number of methoxy groups -OCH3 is 1. The topological polar surface area (TPSA) is 76.8 Å². The first-order valence-corrected chi connectivity index (χ1v) is 4.25. The molecule has 0 atom stereocenters. The lowest BCUT2D eigenvalue weighted by molar-refractivity contribution is -0.384. The molecule has 1 N–H and O–H groups in total. The molecule has 0 aliphatic rings. The predicted molar refractivity (Wildman–Crippen MR) is 57.1 cm³/mol. The summed E-state index contributed by atoms with van der Waals surface area (Å²) >= 11 is 0. The second-order valence-corrected chi connectivity index (χ2v) is 2.68. The van der Waals surface area contributed by atoms with Gasteiger partial charge in [-0.25, -0.2) is 0 Å². The van der Waals surface area contributed by atoms with Gasteiger partial charge in [0.05, 0.1) is 23.4 Å². The van der Waals surface area contributed by atoms with Gasteiger partial charge in [-0.1, -0.05) is 0 Å². The van der Waals surface area contributed by atoms with E-state index in [4.69, 9.17) is 4.74 Å². The minimum absolute atomic E-state index is 0.0569. The molecule has 6 nitrogen and oxygen atoms in total. The van der Waals surface area contributed by atoms with Crippen LogP contribution in [0.25, 0.3) is 0 Å². The number of nitrogens with zero attached hydrogens (tertiary/aromatic N) is 2. The molecule has 0 bridgehead atoms. The summed E-state index contributed by atoms with van der Waals surface area (Å²) < 4.78 is 4.75. The van der Waals surface area contributed by atoms with Gasteiger partial charge in [-0.2, -0.15) is 5.10 Å². The zero-order valence-corrected chi connectivity index (χ0v) is 8.21. The lowest BCUT2D eigenvalue weighted by Crippen LogP contribution is -1.94. The van der Waals surface area contributed by atoms with E-state index in [-0.39, 0.29) is 5.69 Å². The molecule has 0 heterocycles. The van der Waals surface area contributed by atoms with Crippen molar-refractivity contribution < 1.29 is 9.66 Å². The van der Waals surface area contributed by atoms with E-state index in [1.807, 2.05) is 0 Å². The summed E-state index contributed by atoms with van der Waals surface area (Å²) in [6.07, 6.45) is 1.56. The highest BCUT2D eigenvalue weighted by atomic mass is 16.6. The van der Waals surface area contributed by atoms with Crippen molar-refractivity contribution in [2.75, 3.05) is 19.1 Å². The van der Waals surface area contributed by atoms with Crippen LogP contribution >= 0.6 is 0 Å². The first-order valence-electron chi connectivity index (χ1n) is 4.25. The number of anilines is 1. The van der Waals surface area contributed by atoms with Gasteiger partial charge in [-0.15, -0.1) is 0 Å². The molecule has 0 fully saturated rings. The molecular weight excluding hydrogens is 198 g/mol. The van der Waals surface area contributed by atoms with Crippen molar-refractivity contribution in [3.8, 4) is 0 Å². The fourth-order valence-electron chi connectivity index (χ4n) is 0.890. The Kier molecular flexibility index (Phi) is 4.24. The van der Waals surface area contributed by atoms with Crippen molar-refractivity contribution in [3.05, 3.63) is 34.4 Å². The van der Waals surface area contributed by atoms with Crippen molar-refractivity contribution in [2.24, 2.45) is 5.10 Å². The molecule has 0 saturated carbocycles. The number of rotatable bonds is 5. The summed E-state index contributed by atoms with van der Waals surface area (Å²) in [7, 11) is 1.57. The fraction of sp³-hybridized carbons (Fsp3) is 0.222. The van der Waals surface area contributed by atoms with Gasteiger partial charge in [0.15, 0.2) is 0 Å². The average Bonchev–Trinajstić information content (AvgIpc) is 2.25. The molecule has 1 rings (SSSR count). The Labute approximate surface area is 86.7 Å². The van der Waals surface area contributed by atoms with E-state index in [2.05, 4.69) is 10.5 Å². The molecule has 0 aromatic heterocycles. The highest BCUT2D eigenvalue weighted by Gasteiger charge is 2.02. The van der Waals surface area contributed by atoms with Crippen LogP contribution in [-0.2, 0) is 4.74 Å². The molecule has 1 aromatic rings. The van der Waals surface area contributed by atoms with Crippen LogP contribution in [0.3, 0.4) is 0 Å². The summed E-state index contributed by atoms with van der Waals surface area (Å²) in [6.45, 7) is 0.417. The minimum Gasteiger partial charge on any atom is -0.379 e. The number of nitro benzene ring substituents is 1. The maximum Gasteiger partial charge on any atom is 0.269 e. The second kappa shape index (κ2) is 5.71. The maximum atomic E-state index is 10.4. The summed E-state index contributed by atoms with van der Waals surface area (Å²) in [5, 5.41) is 14.2.